The van der Waals surface area contributed by atoms with Crippen LogP contribution < -0.4 is 4.74 Å². The number of piperidine rings is 1. The first kappa shape index (κ1) is 18.7. The highest BCUT2D eigenvalue weighted by atomic mass is 16.6. The van der Waals surface area contributed by atoms with Gasteiger partial charge < -0.3 is 14.4 Å². The molecule has 0 bridgehead atoms. The summed E-state index contributed by atoms with van der Waals surface area (Å²) in [6.45, 7) is 7.10. The molecule has 1 saturated heterocycles. The van der Waals surface area contributed by atoms with Gasteiger partial charge in [0, 0.05) is 30.6 Å². The Kier molecular flexibility index (Phi) is 4.91. The largest absolute Gasteiger partial charge is 0.488 e. The van der Waals surface area contributed by atoms with Gasteiger partial charge in [0.05, 0.1) is 24.3 Å². The Balaban J connectivity index is 1.36. The predicted molar refractivity (Wildman–Crippen MR) is 104 cm³/mol. The molecule has 0 N–H and O–H groups in total. The Morgan fingerprint density at radius 3 is 2.68 bits per heavy atom. The molecule has 0 spiro atoms. The van der Waals surface area contributed by atoms with Crippen LogP contribution >= 0.6 is 0 Å². The van der Waals surface area contributed by atoms with E-state index in [4.69, 9.17) is 9.47 Å². The van der Waals surface area contributed by atoms with Gasteiger partial charge in [0.15, 0.2) is 0 Å². The van der Waals surface area contributed by atoms with Crippen molar-refractivity contribution < 1.29 is 14.3 Å². The molecule has 2 aliphatic rings. The Labute approximate surface area is 165 Å². The van der Waals surface area contributed by atoms with Crippen molar-refractivity contribution in [2.24, 2.45) is 5.92 Å². The summed E-state index contributed by atoms with van der Waals surface area (Å²) in [6.07, 6.45) is 7.83. The molecule has 0 aromatic carbocycles. The molecule has 2 aromatic heterocycles. The number of carbonyl (C=O) groups is 1. The summed E-state index contributed by atoms with van der Waals surface area (Å²) < 4.78 is 11.7. The van der Waals surface area contributed by atoms with Crippen molar-refractivity contribution in [2.75, 3.05) is 13.1 Å². The van der Waals surface area contributed by atoms with Crippen LogP contribution in [0.1, 0.15) is 39.2 Å². The smallest absolute Gasteiger partial charge is 0.410 e. The zero-order chi connectivity index (χ0) is 19.7. The minimum atomic E-state index is -0.459. The molecule has 148 valence electrons. The third kappa shape index (κ3) is 4.08. The van der Waals surface area contributed by atoms with Crippen LogP contribution in [0, 0.1) is 5.92 Å². The van der Waals surface area contributed by atoms with Gasteiger partial charge in [0.1, 0.15) is 17.5 Å². The van der Waals surface area contributed by atoms with E-state index >= 15 is 0 Å². The van der Waals surface area contributed by atoms with Crippen molar-refractivity contribution in [1.29, 1.82) is 0 Å². The summed E-state index contributed by atoms with van der Waals surface area (Å²) in [7, 11) is 0. The highest BCUT2D eigenvalue weighted by molar-refractivity contribution is 5.68. The third-order valence-electron chi connectivity index (χ3n) is 5.24. The van der Waals surface area contributed by atoms with Gasteiger partial charge in [-0.3, -0.25) is 4.98 Å². The molecule has 4 rings (SSSR count). The summed E-state index contributed by atoms with van der Waals surface area (Å²) in [5.41, 5.74) is 2.56. The number of aromatic nitrogens is 3. The standard InChI is InChI=1S/C21H26N4O3/c1-21(2,3)28-20(26)25-8-5-14(6-9-25)18-11-16-10-17(22-13-19(16)27-18)15-4-7-23-24-12-15/h4,7,10,12-14,18H,5-6,8-9,11H2,1-3H3. The first-order valence-electron chi connectivity index (χ1n) is 9.79. The summed E-state index contributed by atoms with van der Waals surface area (Å²) in [4.78, 5) is 18.6. The van der Waals surface area contributed by atoms with Gasteiger partial charge in [-0.15, -0.1) is 0 Å². The summed E-state index contributed by atoms with van der Waals surface area (Å²) >= 11 is 0. The number of nitrogens with zero attached hydrogens (tertiary/aromatic N) is 4. The average Bonchev–Trinajstić information content (AvgIpc) is 3.11. The second-order valence-corrected chi connectivity index (χ2v) is 8.47. The number of hydrogen-bond acceptors (Lipinski definition) is 6. The monoisotopic (exact) mass is 382 g/mol. The lowest BCUT2D eigenvalue weighted by Gasteiger charge is -2.35. The van der Waals surface area contributed by atoms with Gasteiger partial charge in [-0.2, -0.15) is 10.2 Å². The van der Waals surface area contributed by atoms with Crippen LogP contribution in [0.3, 0.4) is 0 Å². The molecular formula is C21H26N4O3. The lowest BCUT2D eigenvalue weighted by Crippen LogP contribution is -2.44. The number of hydrogen-bond donors (Lipinski definition) is 0. The number of fused-ring (bicyclic) bond motifs is 1. The Morgan fingerprint density at radius 1 is 1.21 bits per heavy atom. The molecule has 2 aromatic rings. The normalized spacial score (nSPS) is 19.8. The van der Waals surface area contributed by atoms with Crippen LogP contribution in [0.25, 0.3) is 11.3 Å². The van der Waals surface area contributed by atoms with Gasteiger partial charge >= 0.3 is 6.09 Å². The van der Waals surface area contributed by atoms with E-state index in [9.17, 15) is 4.79 Å². The first-order valence-corrected chi connectivity index (χ1v) is 9.79. The minimum absolute atomic E-state index is 0.142. The van der Waals surface area contributed by atoms with E-state index in [-0.39, 0.29) is 12.2 Å². The van der Waals surface area contributed by atoms with Crippen LogP contribution in [0.15, 0.2) is 30.7 Å². The highest BCUT2D eigenvalue weighted by Crippen LogP contribution is 2.36. The molecule has 2 aliphatic heterocycles. The molecule has 0 aliphatic carbocycles. The Hall–Kier alpha value is -2.70. The summed E-state index contributed by atoms with van der Waals surface area (Å²) in [5.74, 6) is 1.29. The Bertz CT molecular complexity index is 842. The second-order valence-electron chi connectivity index (χ2n) is 8.47. The van der Waals surface area contributed by atoms with Gasteiger partial charge in [0.2, 0.25) is 0 Å². The molecule has 1 unspecified atom stereocenters. The van der Waals surface area contributed by atoms with Crippen molar-refractivity contribution in [3.63, 3.8) is 0 Å². The van der Waals surface area contributed by atoms with Gasteiger partial charge in [-0.1, -0.05) is 0 Å². The SMILES string of the molecule is CC(C)(C)OC(=O)N1CCC(C2Cc3cc(-c4ccnnc4)ncc3O2)CC1. The van der Waals surface area contributed by atoms with Crippen molar-refractivity contribution >= 4 is 6.09 Å². The maximum absolute atomic E-state index is 12.2. The molecule has 1 fully saturated rings. The number of ether oxygens (including phenoxy) is 2. The predicted octanol–water partition coefficient (Wildman–Crippen LogP) is 3.49. The van der Waals surface area contributed by atoms with E-state index in [2.05, 4.69) is 21.2 Å². The zero-order valence-corrected chi connectivity index (χ0v) is 16.6. The fourth-order valence-electron chi connectivity index (χ4n) is 3.81. The maximum Gasteiger partial charge on any atom is 0.410 e. The van der Waals surface area contributed by atoms with Crippen molar-refractivity contribution in [2.45, 2.75) is 51.7 Å². The number of pyridine rings is 1. The first-order chi connectivity index (χ1) is 13.4. The minimum Gasteiger partial charge on any atom is -0.488 e. The number of carbonyl (C=O) groups excluding carboxylic acids is 1. The lowest BCUT2D eigenvalue weighted by atomic mass is 9.89. The van der Waals surface area contributed by atoms with E-state index in [0.717, 1.165) is 36.3 Å². The van der Waals surface area contributed by atoms with Crippen LogP contribution in [-0.4, -0.2) is 51.0 Å². The molecular weight excluding hydrogens is 356 g/mol. The van der Waals surface area contributed by atoms with Gasteiger partial charge in [-0.25, -0.2) is 4.79 Å². The lowest BCUT2D eigenvalue weighted by molar-refractivity contribution is 0.0123. The summed E-state index contributed by atoms with van der Waals surface area (Å²) in [6, 6.07) is 3.99. The fraction of sp³-hybridized carbons (Fsp3) is 0.524. The van der Waals surface area contributed by atoms with E-state index in [1.54, 1.807) is 23.5 Å². The molecule has 7 heteroatoms. The molecule has 28 heavy (non-hydrogen) atoms. The quantitative estimate of drug-likeness (QED) is 0.791. The number of rotatable bonds is 2. The molecule has 0 saturated carbocycles. The number of amides is 1. The Morgan fingerprint density at radius 2 is 2.00 bits per heavy atom. The van der Waals surface area contributed by atoms with E-state index < -0.39 is 5.60 Å². The van der Waals surface area contributed by atoms with E-state index in [0.29, 0.717) is 19.0 Å². The van der Waals surface area contributed by atoms with E-state index in [1.807, 2.05) is 26.8 Å². The highest BCUT2D eigenvalue weighted by Gasteiger charge is 2.35. The van der Waals surface area contributed by atoms with Crippen LogP contribution in [-0.2, 0) is 11.2 Å². The van der Waals surface area contributed by atoms with Crippen molar-refractivity contribution in [3.05, 3.63) is 36.3 Å². The molecule has 1 atom stereocenters. The maximum atomic E-state index is 12.2. The fourth-order valence-corrected chi connectivity index (χ4v) is 3.81. The zero-order valence-electron chi connectivity index (χ0n) is 16.6. The molecule has 4 heterocycles. The molecule has 0 radical (unpaired) electrons. The molecule has 1 amide bonds. The van der Waals surface area contributed by atoms with Gasteiger partial charge in [-0.05, 0) is 51.7 Å². The van der Waals surface area contributed by atoms with E-state index in [1.165, 1.54) is 5.56 Å². The van der Waals surface area contributed by atoms with Crippen molar-refractivity contribution in [1.82, 2.24) is 20.1 Å². The average molecular weight is 382 g/mol. The van der Waals surface area contributed by atoms with Crippen LogP contribution in [0.5, 0.6) is 5.75 Å². The second kappa shape index (κ2) is 7.37. The van der Waals surface area contributed by atoms with Crippen molar-refractivity contribution in [3.8, 4) is 17.0 Å². The number of likely N-dealkylation sites (tertiary alicyclic amines) is 1. The van der Waals surface area contributed by atoms with Crippen LogP contribution in [0.4, 0.5) is 4.79 Å². The molecule has 7 nitrogen and oxygen atoms in total. The summed E-state index contributed by atoms with van der Waals surface area (Å²) in [5, 5.41) is 7.74. The van der Waals surface area contributed by atoms with Gasteiger partial charge in [0.25, 0.3) is 0 Å². The van der Waals surface area contributed by atoms with Crippen LogP contribution in [0.2, 0.25) is 0 Å². The third-order valence-corrected chi connectivity index (χ3v) is 5.24. The topological polar surface area (TPSA) is 77.4 Å².